The number of rotatable bonds is 4. The molecule has 126 valence electrons. The van der Waals surface area contributed by atoms with Crippen molar-refractivity contribution in [2.24, 2.45) is 0 Å². The minimum Gasteiger partial charge on any atom is -0.449 e. The molecule has 4 nitrogen and oxygen atoms in total. The second-order valence-corrected chi connectivity index (χ2v) is 6.18. The number of amides is 1. The SMILES string of the molecule is Cc1ccc(NC(=O)C(C)OC(=O)c2c(C)cc(C)cc2C)cc1. The van der Waals surface area contributed by atoms with Crippen molar-refractivity contribution in [3.63, 3.8) is 0 Å². The number of nitrogens with one attached hydrogen (secondary N) is 1. The summed E-state index contributed by atoms with van der Waals surface area (Å²) in [7, 11) is 0. The Balaban J connectivity index is 2.06. The first-order valence-electron chi connectivity index (χ1n) is 7.94. The topological polar surface area (TPSA) is 55.4 Å². The molecule has 0 aliphatic carbocycles. The number of carbonyl (C=O) groups excluding carboxylic acids is 2. The molecule has 2 aromatic rings. The fourth-order valence-electron chi connectivity index (χ4n) is 2.66. The Morgan fingerprint density at radius 1 is 0.917 bits per heavy atom. The highest BCUT2D eigenvalue weighted by molar-refractivity contribution is 5.98. The smallest absolute Gasteiger partial charge is 0.339 e. The number of esters is 1. The van der Waals surface area contributed by atoms with Gasteiger partial charge in [0.25, 0.3) is 5.91 Å². The Hall–Kier alpha value is -2.62. The number of anilines is 1. The van der Waals surface area contributed by atoms with Crippen LogP contribution < -0.4 is 5.32 Å². The summed E-state index contributed by atoms with van der Waals surface area (Å²) in [5.41, 5.74) is 5.10. The summed E-state index contributed by atoms with van der Waals surface area (Å²) >= 11 is 0. The van der Waals surface area contributed by atoms with E-state index in [0.717, 1.165) is 22.3 Å². The lowest BCUT2D eigenvalue weighted by molar-refractivity contribution is -0.123. The van der Waals surface area contributed by atoms with E-state index in [-0.39, 0.29) is 5.91 Å². The molecule has 2 rings (SSSR count). The molecule has 0 aromatic heterocycles. The van der Waals surface area contributed by atoms with E-state index in [4.69, 9.17) is 4.74 Å². The zero-order chi connectivity index (χ0) is 17.9. The van der Waals surface area contributed by atoms with E-state index in [2.05, 4.69) is 5.32 Å². The highest BCUT2D eigenvalue weighted by Crippen LogP contribution is 2.18. The summed E-state index contributed by atoms with van der Waals surface area (Å²) in [5, 5.41) is 2.75. The van der Waals surface area contributed by atoms with Crippen molar-refractivity contribution < 1.29 is 14.3 Å². The van der Waals surface area contributed by atoms with Crippen LogP contribution >= 0.6 is 0 Å². The number of hydrogen-bond donors (Lipinski definition) is 1. The van der Waals surface area contributed by atoms with Gasteiger partial charge in [-0.2, -0.15) is 0 Å². The predicted molar refractivity (Wildman–Crippen MR) is 95.3 cm³/mol. The van der Waals surface area contributed by atoms with Crippen LogP contribution in [0.15, 0.2) is 36.4 Å². The van der Waals surface area contributed by atoms with Crippen molar-refractivity contribution in [3.8, 4) is 0 Å². The molecule has 1 atom stereocenters. The molecule has 0 heterocycles. The number of aryl methyl sites for hydroxylation is 4. The molecule has 1 amide bonds. The van der Waals surface area contributed by atoms with E-state index in [0.29, 0.717) is 11.3 Å². The summed E-state index contributed by atoms with van der Waals surface area (Å²) in [6.07, 6.45) is -0.876. The maximum atomic E-state index is 12.4. The Bertz CT molecular complexity index is 740. The molecule has 0 aliphatic heterocycles. The number of benzene rings is 2. The van der Waals surface area contributed by atoms with Gasteiger partial charge in [0.05, 0.1) is 5.56 Å². The maximum absolute atomic E-state index is 12.4. The van der Waals surface area contributed by atoms with Gasteiger partial charge >= 0.3 is 5.97 Å². The lowest BCUT2D eigenvalue weighted by Gasteiger charge is -2.16. The van der Waals surface area contributed by atoms with Crippen molar-refractivity contribution in [2.45, 2.75) is 40.7 Å². The van der Waals surface area contributed by atoms with Gasteiger partial charge in [-0.25, -0.2) is 4.79 Å². The van der Waals surface area contributed by atoms with Crippen LogP contribution in [0.4, 0.5) is 5.69 Å². The normalized spacial score (nSPS) is 11.7. The number of carbonyl (C=O) groups is 2. The van der Waals surface area contributed by atoms with Crippen molar-refractivity contribution in [1.82, 2.24) is 0 Å². The summed E-state index contributed by atoms with van der Waals surface area (Å²) in [6, 6.07) is 11.3. The van der Waals surface area contributed by atoms with Gasteiger partial charge < -0.3 is 10.1 Å². The fourth-order valence-corrected chi connectivity index (χ4v) is 2.66. The van der Waals surface area contributed by atoms with Gasteiger partial charge in [0.1, 0.15) is 0 Å². The molecule has 2 aromatic carbocycles. The number of hydrogen-bond acceptors (Lipinski definition) is 3. The third kappa shape index (κ3) is 4.22. The molecule has 0 saturated carbocycles. The standard InChI is InChI=1S/C20H23NO3/c1-12-6-8-17(9-7-12)21-19(22)16(5)24-20(23)18-14(3)10-13(2)11-15(18)4/h6-11,16H,1-5H3,(H,21,22). The second kappa shape index (κ2) is 7.30. The highest BCUT2D eigenvalue weighted by Gasteiger charge is 2.21. The quantitative estimate of drug-likeness (QED) is 0.861. The first-order valence-corrected chi connectivity index (χ1v) is 7.94. The van der Waals surface area contributed by atoms with Crippen LogP contribution in [0.2, 0.25) is 0 Å². The first-order chi connectivity index (χ1) is 11.3. The average molecular weight is 325 g/mol. The lowest BCUT2D eigenvalue weighted by atomic mass is 10.00. The third-order valence-electron chi connectivity index (χ3n) is 3.85. The molecule has 24 heavy (non-hydrogen) atoms. The van der Waals surface area contributed by atoms with Crippen LogP contribution in [-0.2, 0) is 9.53 Å². The van der Waals surface area contributed by atoms with Crippen LogP contribution in [-0.4, -0.2) is 18.0 Å². The van der Waals surface area contributed by atoms with E-state index in [9.17, 15) is 9.59 Å². The second-order valence-electron chi connectivity index (χ2n) is 6.18. The van der Waals surface area contributed by atoms with Gasteiger partial charge in [-0.05, 0) is 57.9 Å². The van der Waals surface area contributed by atoms with Gasteiger partial charge in [-0.3, -0.25) is 4.79 Å². The van der Waals surface area contributed by atoms with Gasteiger partial charge in [0.2, 0.25) is 0 Å². The summed E-state index contributed by atoms with van der Waals surface area (Å²) < 4.78 is 5.34. The van der Waals surface area contributed by atoms with Gasteiger partial charge in [-0.15, -0.1) is 0 Å². The molecule has 4 heteroatoms. The Morgan fingerprint density at radius 3 is 2.00 bits per heavy atom. The van der Waals surface area contributed by atoms with E-state index in [1.807, 2.05) is 64.1 Å². The predicted octanol–water partition coefficient (Wildman–Crippen LogP) is 4.10. The Morgan fingerprint density at radius 2 is 1.46 bits per heavy atom. The average Bonchev–Trinajstić information content (AvgIpc) is 2.48. The van der Waals surface area contributed by atoms with Crippen molar-refractivity contribution in [2.75, 3.05) is 5.32 Å². The Labute approximate surface area is 142 Å². The molecule has 0 radical (unpaired) electrons. The van der Waals surface area contributed by atoms with Crippen molar-refractivity contribution in [3.05, 3.63) is 64.2 Å². The molecular formula is C20H23NO3. The van der Waals surface area contributed by atoms with Crippen LogP contribution in [0.3, 0.4) is 0 Å². The zero-order valence-electron chi connectivity index (χ0n) is 14.8. The van der Waals surface area contributed by atoms with Crippen LogP contribution in [0.25, 0.3) is 0 Å². The van der Waals surface area contributed by atoms with Gasteiger partial charge in [0.15, 0.2) is 6.10 Å². The van der Waals surface area contributed by atoms with E-state index in [1.54, 1.807) is 6.92 Å². The van der Waals surface area contributed by atoms with Crippen molar-refractivity contribution >= 4 is 17.6 Å². The molecule has 0 bridgehead atoms. The lowest BCUT2D eigenvalue weighted by Crippen LogP contribution is -2.30. The molecule has 1 unspecified atom stereocenters. The maximum Gasteiger partial charge on any atom is 0.339 e. The molecule has 0 spiro atoms. The van der Waals surface area contributed by atoms with Gasteiger partial charge in [0, 0.05) is 5.69 Å². The molecular weight excluding hydrogens is 302 g/mol. The van der Waals surface area contributed by atoms with Crippen LogP contribution in [0.5, 0.6) is 0 Å². The number of ether oxygens (including phenoxy) is 1. The summed E-state index contributed by atoms with van der Waals surface area (Å²) in [5.74, 6) is -0.828. The summed E-state index contributed by atoms with van der Waals surface area (Å²) in [4.78, 5) is 24.6. The first kappa shape index (κ1) is 17.7. The largest absolute Gasteiger partial charge is 0.449 e. The Kier molecular flexibility index (Phi) is 5.39. The third-order valence-corrected chi connectivity index (χ3v) is 3.85. The minimum absolute atomic E-state index is 0.352. The highest BCUT2D eigenvalue weighted by atomic mass is 16.5. The van der Waals surface area contributed by atoms with E-state index >= 15 is 0 Å². The van der Waals surface area contributed by atoms with E-state index in [1.165, 1.54) is 0 Å². The van der Waals surface area contributed by atoms with Crippen LogP contribution in [0.1, 0.15) is 39.5 Å². The zero-order valence-corrected chi connectivity index (χ0v) is 14.8. The van der Waals surface area contributed by atoms with Crippen LogP contribution in [0, 0.1) is 27.7 Å². The van der Waals surface area contributed by atoms with Crippen molar-refractivity contribution in [1.29, 1.82) is 0 Å². The monoisotopic (exact) mass is 325 g/mol. The minimum atomic E-state index is -0.876. The molecule has 0 saturated heterocycles. The van der Waals surface area contributed by atoms with Gasteiger partial charge in [-0.1, -0.05) is 35.4 Å². The summed E-state index contributed by atoms with van der Waals surface area (Å²) in [6.45, 7) is 9.26. The molecule has 1 N–H and O–H groups in total. The molecule has 0 fully saturated rings. The van der Waals surface area contributed by atoms with E-state index < -0.39 is 12.1 Å². The fraction of sp³-hybridized carbons (Fsp3) is 0.300. The molecule has 0 aliphatic rings.